The van der Waals surface area contributed by atoms with Crippen LogP contribution < -0.4 is 9.47 Å². The highest BCUT2D eigenvalue weighted by molar-refractivity contribution is 6.17. The predicted molar refractivity (Wildman–Crippen MR) is 72.1 cm³/mol. The molecule has 0 saturated heterocycles. The van der Waals surface area contributed by atoms with Crippen LogP contribution in [0.4, 0.5) is 0 Å². The minimum Gasteiger partial charge on any atom is -0.497 e. The first kappa shape index (κ1) is 14.2. The van der Waals surface area contributed by atoms with E-state index < -0.39 is 0 Å². The summed E-state index contributed by atoms with van der Waals surface area (Å²) in [6.07, 6.45) is 2.28. The molecule has 1 aromatic rings. The fraction of sp³-hybridized carbons (Fsp3) is 0.571. The fourth-order valence-electron chi connectivity index (χ4n) is 1.66. The summed E-state index contributed by atoms with van der Waals surface area (Å²) in [5.41, 5.74) is 0.983. The van der Waals surface area contributed by atoms with Crippen LogP contribution >= 0.6 is 11.6 Å². The van der Waals surface area contributed by atoms with Gasteiger partial charge in [0.1, 0.15) is 11.5 Å². The maximum atomic E-state index is 5.91. The molecule has 0 aliphatic heterocycles. The summed E-state index contributed by atoms with van der Waals surface area (Å²) < 4.78 is 11.0. The minimum atomic E-state index is 0.440. The van der Waals surface area contributed by atoms with Crippen LogP contribution in [0.3, 0.4) is 0 Å². The van der Waals surface area contributed by atoms with Gasteiger partial charge in [0.25, 0.3) is 0 Å². The highest BCUT2D eigenvalue weighted by atomic mass is 35.5. The Morgan fingerprint density at radius 3 is 2.47 bits per heavy atom. The highest BCUT2D eigenvalue weighted by Crippen LogP contribution is 2.26. The zero-order valence-electron chi connectivity index (χ0n) is 10.8. The lowest BCUT2D eigenvalue weighted by molar-refractivity contribution is 0.239. The summed E-state index contributed by atoms with van der Waals surface area (Å²) >= 11 is 5.91. The number of methoxy groups -OCH3 is 1. The van der Waals surface area contributed by atoms with Crippen molar-refractivity contribution in [2.75, 3.05) is 13.7 Å². The van der Waals surface area contributed by atoms with Gasteiger partial charge in [0, 0.05) is 5.56 Å². The van der Waals surface area contributed by atoms with Gasteiger partial charge in [-0.15, -0.1) is 11.6 Å². The quantitative estimate of drug-likeness (QED) is 0.679. The van der Waals surface area contributed by atoms with Crippen molar-refractivity contribution in [2.45, 2.75) is 32.6 Å². The number of alkyl halides is 1. The van der Waals surface area contributed by atoms with E-state index in [1.165, 1.54) is 0 Å². The summed E-state index contributed by atoms with van der Waals surface area (Å²) in [7, 11) is 1.65. The molecule has 0 radical (unpaired) electrons. The second-order valence-electron chi connectivity index (χ2n) is 4.10. The third-order valence-electron chi connectivity index (χ3n) is 3.04. The molecular weight excluding hydrogens is 236 g/mol. The van der Waals surface area contributed by atoms with Crippen LogP contribution in [0.25, 0.3) is 0 Å². The Morgan fingerprint density at radius 2 is 1.94 bits per heavy atom. The van der Waals surface area contributed by atoms with E-state index in [0.717, 1.165) is 36.5 Å². The van der Waals surface area contributed by atoms with Gasteiger partial charge < -0.3 is 9.47 Å². The topological polar surface area (TPSA) is 18.5 Å². The molecule has 96 valence electrons. The summed E-state index contributed by atoms with van der Waals surface area (Å²) in [5, 5.41) is 0. The van der Waals surface area contributed by atoms with Crippen molar-refractivity contribution in [3.05, 3.63) is 23.8 Å². The maximum absolute atomic E-state index is 5.91. The van der Waals surface area contributed by atoms with Gasteiger partial charge >= 0.3 is 0 Å². The van der Waals surface area contributed by atoms with E-state index in [1.807, 2.05) is 18.2 Å². The number of hydrogen-bond acceptors (Lipinski definition) is 2. The second kappa shape index (κ2) is 7.44. The second-order valence-corrected chi connectivity index (χ2v) is 4.37. The molecule has 2 nitrogen and oxygen atoms in total. The van der Waals surface area contributed by atoms with Crippen molar-refractivity contribution < 1.29 is 9.47 Å². The van der Waals surface area contributed by atoms with E-state index in [2.05, 4.69) is 13.8 Å². The normalized spacial score (nSPS) is 10.6. The summed E-state index contributed by atoms with van der Waals surface area (Å²) in [5.74, 6) is 2.73. The standard InChI is InChI=1S/C14H21ClO2/c1-4-11(5-2)10-17-14-7-6-13(16-3)8-12(14)9-15/h6-8,11H,4-5,9-10H2,1-3H3. The Labute approximate surface area is 109 Å². The number of benzene rings is 1. The van der Waals surface area contributed by atoms with Gasteiger partial charge in [-0.3, -0.25) is 0 Å². The Bertz CT molecular complexity index is 335. The average molecular weight is 257 g/mol. The van der Waals surface area contributed by atoms with Crippen LogP contribution in [0, 0.1) is 5.92 Å². The van der Waals surface area contributed by atoms with Gasteiger partial charge in [-0.25, -0.2) is 0 Å². The van der Waals surface area contributed by atoms with Gasteiger partial charge in [0.2, 0.25) is 0 Å². The molecule has 3 heteroatoms. The van der Waals surface area contributed by atoms with Crippen LogP contribution in [-0.4, -0.2) is 13.7 Å². The molecule has 0 aliphatic carbocycles. The van der Waals surface area contributed by atoms with E-state index in [4.69, 9.17) is 21.1 Å². The fourth-order valence-corrected chi connectivity index (χ4v) is 1.87. The van der Waals surface area contributed by atoms with Crippen molar-refractivity contribution in [3.8, 4) is 11.5 Å². The zero-order valence-corrected chi connectivity index (χ0v) is 11.6. The van der Waals surface area contributed by atoms with Crippen molar-refractivity contribution in [2.24, 2.45) is 5.92 Å². The lowest BCUT2D eigenvalue weighted by Gasteiger charge is -2.16. The molecule has 17 heavy (non-hydrogen) atoms. The Kier molecular flexibility index (Phi) is 6.20. The van der Waals surface area contributed by atoms with Gasteiger partial charge in [-0.1, -0.05) is 26.7 Å². The molecule has 0 fully saturated rings. The molecule has 0 atom stereocenters. The first-order chi connectivity index (χ1) is 8.24. The van der Waals surface area contributed by atoms with Crippen LogP contribution in [0.2, 0.25) is 0 Å². The van der Waals surface area contributed by atoms with Crippen LogP contribution in [0.15, 0.2) is 18.2 Å². The molecule has 0 N–H and O–H groups in total. The van der Waals surface area contributed by atoms with Gasteiger partial charge in [0.15, 0.2) is 0 Å². The molecule has 0 unspecified atom stereocenters. The predicted octanol–water partition coefficient (Wildman–Crippen LogP) is 4.25. The lowest BCUT2D eigenvalue weighted by Crippen LogP contribution is -2.10. The first-order valence-electron chi connectivity index (χ1n) is 6.10. The average Bonchev–Trinajstić information content (AvgIpc) is 2.39. The Hall–Kier alpha value is -0.890. The molecule has 0 amide bonds. The lowest BCUT2D eigenvalue weighted by atomic mass is 10.1. The highest BCUT2D eigenvalue weighted by Gasteiger charge is 2.08. The first-order valence-corrected chi connectivity index (χ1v) is 6.64. The van der Waals surface area contributed by atoms with Gasteiger partial charge in [-0.05, 0) is 24.1 Å². The van der Waals surface area contributed by atoms with E-state index in [9.17, 15) is 0 Å². The number of rotatable bonds is 7. The summed E-state index contributed by atoms with van der Waals surface area (Å²) in [6, 6.07) is 5.76. The SMILES string of the molecule is CCC(CC)COc1ccc(OC)cc1CCl. The Balaban J connectivity index is 2.70. The number of halogens is 1. The monoisotopic (exact) mass is 256 g/mol. The van der Waals surface area contributed by atoms with Crippen molar-refractivity contribution in [1.29, 1.82) is 0 Å². The molecule has 0 saturated carbocycles. The van der Waals surface area contributed by atoms with Crippen LogP contribution in [0.1, 0.15) is 32.3 Å². The summed E-state index contributed by atoms with van der Waals surface area (Å²) in [6.45, 7) is 5.13. The maximum Gasteiger partial charge on any atom is 0.123 e. The Morgan fingerprint density at radius 1 is 1.24 bits per heavy atom. The molecule has 0 aliphatic rings. The molecule has 0 aromatic heterocycles. The van der Waals surface area contributed by atoms with Crippen LogP contribution in [-0.2, 0) is 5.88 Å². The van der Waals surface area contributed by atoms with E-state index in [0.29, 0.717) is 11.8 Å². The smallest absolute Gasteiger partial charge is 0.123 e. The molecule has 0 heterocycles. The molecule has 0 spiro atoms. The van der Waals surface area contributed by atoms with Crippen molar-refractivity contribution in [3.63, 3.8) is 0 Å². The molecule has 1 rings (SSSR count). The van der Waals surface area contributed by atoms with Crippen molar-refractivity contribution >= 4 is 11.6 Å². The van der Waals surface area contributed by atoms with Gasteiger partial charge in [-0.2, -0.15) is 0 Å². The minimum absolute atomic E-state index is 0.440. The van der Waals surface area contributed by atoms with E-state index in [-0.39, 0.29) is 0 Å². The van der Waals surface area contributed by atoms with Crippen LogP contribution in [0.5, 0.6) is 11.5 Å². The third-order valence-corrected chi connectivity index (χ3v) is 3.33. The molecule has 0 bridgehead atoms. The van der Waals surface area contributed by atoms with E-state index in [1.54, 1.807) is 7.11 Å². The van der Waals surface area contributed by atoms with E-state index >= 15 is 0 Å². The van der Waals surface area contributed by atoms with Crippen molar-refractivity contribution in [1.82, 2.24) is 0 Å². The zero-order chi connectivity index (χ0) is 12.7. The third kappa shape index (κ3) is 4.12. The van der Waals surface area contributed by atoms with Gasteiger partial charge in [0.05, 0.1) is 19.6 Å². The molecule has 1 aromatic carbocycles. The number of hydrogen-bond donors (Lipinski definition) is 0. The summed E-state index contributed by atoms with van der Waals surface area (Å²) in [4.78, 5) is 0. The molecular formula is C14H21ClO2. The largest absolute Gasteiger partial charge is 0.497 e. The number of ether oxygens (including phenoxy) is 2.